The van der Waals surface area contributed by atoms with Crippen molar-refractivity contribution in [3.05, 3.63) is 161 Å². The minimum absolute atomic E-state index is 0.0141. The number of rotatable bonds is 8. The molecule has 0 aliphatic carbocycles. The van der Waals surface area contributed by atoms with Gasteiger partial charge < -0.3 is 0 Å². The predicted molar refractivity (Wildman–Crippen MR) is 198 cm³/mol. The van der Waals surface area contributed by atoms with Crippen LogP contribution in [-0.4, -0.2) is 14.5 Å². The van der Waals surface area contributed by atoms with E-state index in [9.17, 15) is 0 Å². The lowest BCUT2D eigenvalue weighted by molar-refractivity contribution is 0.581. The maximum absolute atomic E-state index is 5.01. The molecule has 0 aliphatic rings. The maximum Gasteiger partial charge on any atom is 0.144 e. The van der Waals surface area contributed by atoms with E-state index in [4.69, 9.17) is 9.97 Å². The fraction of sp³-hybridized carbons (Fsp3) is 0.273. The zero-order valence-corrected chi connectivity index (χ0v) is 29.1. The highest BCUT2D eigenvalue weighted by atomic mass is 15.1. The van der Waals surface area contributed by atoms with Gasteiger partial charge >= 0.3 is 0 Å². The molecule has 1 atom stereocenters. The van der Waals surface area contributed by atoms with Gasteiger partial charge in [0.05, 0.1) is 16.8 Å². The first-order valence-electron chi connectivity index (χ1n) is 16.9. The van der Waals surface area contributed by atoms with Crippen LogP contribution in [0.5, 0.6) is 0 Å². The number of nitrogens with zero attached hydrogens (tertiary/aromatic N) is 3. The second-order valence-electron chi connectivity index (χ2n) is 14.6. The Morgan fingerprint density at radius 2 is 1.13 bits per heavy atom. The average molecular weight is 618 g/mol. The summed E-state index contributed by atoms with van der Waals surface area (Å²) in [5, 5.41) is 0. The molecule has 0 spiro atoms. The molecule has 6 rings (SSSR count). The standard InChI is InChI=1S/C44H47N3/c1-30(2)38-27-34(32-16-11-9-12-17-32)28-39(31(3)4)41(38)47-25-24-46-42(47)33-18-15-21-37(26-33)44(8,35-19-13-10-14-20-35)40-29-36(22-23-45-40)43(5,6)7/h9-31H,1-8H3. The Morgan fingerprint density at radius 1 is 0.532 bits per heavy atom. The first kappa shape index (κ1) is 32.2. The lowest BCUT2D eigenvalue weighted by atomic mass is 9.72. The van der Waals surface area contributed by atoms with E-state index in [0.717, 1.165) is 17.1 Å². The van der Waals surface area contributed by atoms with Crippen molar-refractivity contribution < 1.29 is 0 Å². The van der Waals surface area contributed by atoms with E-state index in [2.05, 4.69) is 175 Å². The van der Waals surface area contributed by atoms with Crippen molar-refractivity contribution >= 4 is 0 Å². The van der Waals surface area contributed by atoms with Crippen LogP contribution in [0.4, 0.5) is 0 Å². The van der Waals surface area contributed by atoms with Gasteiger partial charge in [0.25, 0.3) is 0 Å². The molecule has 0 saturated heterocycles. The van der Waals surface area contributed by atoms with Crippen LogP contribution in [0.25, 0.3) is 28.2 Å². The molecule has 2 aromatic heterocycles. The van der Waals surface area contributed by atoms with Gasteiger partial charge in [-0.15, -0.1) is 0 Å². The van der Waals surface area contributed by atoms with Crippen LogP contribution in [0.15, 0.2) is 128 Å². The fourth-order valence-electron chi connectivity index (χ4n) is 6.71. The number of benzene rings is 4. The highest BCUT2D eigenvalue weighted by Crippen LogP contribution is 2.42. The van der Waals surface area contributed by atoms with Gasteiger partial charge in [-0.3, -0.25) is 9.55 Å². The zero-order chi connectivity index (χ0) is 33.3. The first-order chi connectivity index (χ1) is 22.5. The third kappa shape index (κ3) is 6.20. The molecule has 3 heteroatoms. The molecule has 47 heavy (non-hydrogen) atoms. The molecule has 0 radical (unpaired) electrons. The Labute approximate surface area is 281 Å². The number of aromatic nitrogens is 3. The normalized spacial score (nSPS) is 13.2. The second-order valence-corrected chi connectivity index (χ2v) is 14.6. The predicted octanol–water partition coefficient (Wildman–Crippen LogP) is 11.5. The fourth-order valence-corrected chi connectivity index (χ4v) is 6.71. The van der Waals surface area contributed by atoms with Crippen LogP contribution < -0.4 is 0 Å². The van der Waals surface area contributed by atoms with Gasteiger partial charge in [0.2, 0.25) is 0 Å². The van der Waals surface area contributed by atoms with E-state index < -0.39 is 5.41 Å². The third-order valence-corrected chi connectivity index (χ3v) is 9.59. The molecule has 0 fully saturated rings. The topological polar surface area (TPSA) is 30.7 Å². The van der Waals surface area contributed by atoms with E-state index in [-0.39, 0.29) is 5.41 Å². The van der Waals surface area contributed by atoms with Crippen molar-refractivity contribution in [2.24, 2.45) is 0 Å². The van der Waals surface area contributed by atoms with E-state index in [1.54, 1.807) is 0 Å². The van der Waals surface area contributed by atoms with E-state index in [1.807, 2.05) is 12.4 Å². The molecule has 0 saturated carbocycles. The molecule has 0 N–H and O–H groups in total. The van der Waals surface area contributed by atoms with Crippen molar-refractivity contribution in [1.29, 1.82) is 0 Å². The minimum Gasteiger partial charge on any atom is -0.299 e. The molecule has 238 valence electrons. The average Bonchev–Trinajstić information content (AvgIpc) is 3.57. The molecule has 0 bridgehead atoms. The molecule has 2 heterocycles. The molecular formula is C44H47N3. The SMILES string of the molecule is CC(C)c1cc(-c2ccccc2)cc(C(C)C)c1-n1ccnc1-c1cccc(C(C)(c2ccccc2)c2cc(C(C)(C)C)ccn2)c1. The monoisotopic (exact) mass is 617 g/mol. The van der Waals surface area contributed by atoms with E-state index in [1.165, 1.54) is 44.6 Å². The van der Waals surface area contributed by atoms with Gasteiger partial charge in [-0.1, -0.05) is 127 Å². The molecule has 0 aliphatic heterocycles. The van der Waals surface area contributed by atoms with Crippen molar-refractivity contribution in [1.82, 2.24) is 14.5 Å². The number of hydrogen-bond acceptors (Lipinski definition) is 2. The van der Waals surface area contributed by atoms with E-state index in [0.29, 0.717) is 11.8 Å². The summed E-state index contributed by atoms with van der Waals surface area (Å²) in [5.74, 6) is 1.60. The first-order valence-corrected chi connectivity index (χ1v) is 16.9. The van der Waals surface area contributed by atoms with Gasteiger partial charge in [-0.25, -0.2) is 4.98 Å². The van der Waals surface area contributed by atoms with Crippen molar-refractivity contribution in [2.75, 3.05) is 0 Å². The van der Waals surface area contributed by atoms with Gasteiger partial charge in [0.15, 0.2) is 0 Å². The molecular weight excluding hydrogens is 571 g/mol. The van der Waals surface area contributed by atoms with Crippen LogP contribution in [0.3, 0.4) is 0 Å². The molecule has 6 aromatic rings. The maximum atomic E-state index is 5.01. The summed E-state index contributed by atoms with van der Waals surface area (Å²) in [5.41, 5.74) is 11.7. The van der Waals surface area contributed by atoms with Gasteiger partial charge in [0.1, 0.15) is 5.82 Å². The lowest BCUT2D eigenvalue weighted by Crippen LogP contribution is -2.27. The van der Waals surface area contributed by atoms with Gasteiger partial charge in [-0.2, -0.15) is 0 Å². The van der Waals surface area contributed by atoms with Crippen molar-refractivity contribution in [2.45, 2.75) is 78.1 Å². The largest absolute Gasteiger partial charge is 0.299 e. The lowest BCUT2D eigenvalue weighted by Gasteiger charge is -2.32. The van der Waals surface area contributed by atoms with Crippen molar-refractivity contribution in [3.63, 3.8) is 0 Å². The molecule has 0 amide bonds. The smallest absolute Gasteiger partial charge is 0.144 e. The van der Waals surface area contributed by atoms with Crippen LogP contribution in [0.2, 0.25) is 0 Å². The third-order valence-electron chi connectivity index (χ3n) is 9.59. The summed E-state index contributed by atoms with van der Waals surface area (Å²) in [6, 6.07) is 39.6. The summed E-state index contributed by atoms with van der Waals surface area (Å²) in [7, 11) is 0. The van der Waals surface area contributed by atoms with Crippen LogP contribution in [-0.2, 0) is 10.8 Å². The Bertz CT molecular complexity index is 1950. The molecule has 4 aromatic carbocycles. The summed E-state index contributed by atoms with van der Waals surface area (Å²) in [6.07, 6.45) is 6.03. The Hall–Kier alpha value is -4.76. The van der Waals surface area contributed by atoms with Crippen molar-refractivity contribution in [3.8, 4) is 28.2 Å². The Morgan fingerprint density at radius 3 is 1.74 bits per heavy atom. The summed E-state index contributed by atoms with van der Waals surface area (Å²) < 4.78 is 2.32. The second kappa shape index (κ2) is 12.8. The van der Waals surface area contributed by atoms with Crippen LogP contribution in [0.1, 0.15) is 101 Å². The van der Waals surface area contributed by atoms with Crippen LogP contribution >= 0.6 is 0 Å². The molecule has 3 nitrogen and oxygen atoms in total. The summed E-state index contributed by atoms with van der Waals surface area (Å²) in [4.78, 5) is 10.0. The van der Waals surface area contributed by atoms with Gasteiger partial charge in [0, 0.05) is 24.2 Å². The Kier molecular flexibility index (Phi) is 8.76. The van der Waals surface area contributed by atoms with E-state index >= 15 is 0 Å². The highest BCUT2D eigenvalue weighted by molar-refractivity contribution is 5.72. The zero-order valence-electron chi connectivity index (χ0n) is 29.1. The highest BCUT2D eigenvalue weighted by Gasteiger charge is 2.34. The Balaban J connectivity index is 1.54. The number of imidazole rings is 1. The number of pyridine rings is 1. The summed E-state index contributed by atoms with van der Waals surface area (Å²) >= 11 is 0. The quantitative estimate of drug-likeness (QED) is 0.170. The summed E-state index contributed by atoms with van der Waals surface area (Å²) in [6.45, 7) is 18.2. The molecule has 1 unspecified atom stereocenters. The number of hydrogen-bond donors (Lipinski definition) is 0. The van der Waals surface area contributed by atoms with Gasteiger partial charge in [-0.05, 0) is 93.5 Å². The minimum atomic E-state index is -0.473. The van der Waals surface area contributed by atoms with Crippen LogP contribution in [0, 0.1) is 0 Å².